The van der Waals surface area contributed by atoms with Gasteiger partial charge in [-0.05, 0) is 31.9 Å². The Labute approximate surface area is 123 Å². The third kappa shape index (κ3) is 3.38. The first kappa shape index (κ1) is 15.0. The molecule has 0 radical (unpaired) electrons. The molecule has 21 heavy (non-hydrogen) atoms. The highest BCUT2D eigenvalue weighted by Gasteiger charge is 2.14. The van der Waals surface area contributed by atoms with Crippen molar-refractivity contribution in [2.45, 2.75) is 20.3 Å². The molecule has 1 heterocycles. The Morgan fingerprint density at radius 3 is 2.67 bits per heavy atom. The second-order valence-corrected chi connectivity index (χ2v) is 4.82. The quantitative estimate of drug-likeness (QED) is 0.580. The molecule has 0 saturated heterocycles. The minimum absolute atomic E-state index is 0.0499. The maximum Gasteiger partial charge on any atom is 0.141 e. The molecule has 0 bridgehead atoms. The largest absolute Gasteiger partial charge is 0.456 e. The van der Waals surface area contributed by atoms with Crippen LogP contribution < -0.4 is 10.5 Å². The maximum atomic E-state index is 9.12. The number of nitrogens with one attached hydrogen (secondary N) is 1. The lowest BCUT2D eigenvalue weighted by molar-refractivity contribution is 0.298. The first-order valence-electron chi connectivity index (χ1n) is 6.72. The molecule has 0 atom stereocenters. The minimum Gasteiger partial charge on any atom is -0.456 e. The predicted octanol–water partition coefficient (Wildman–Crippen LogP) is 2.31. The lowest BCUT2D eigenvalue weighted by Crippen LogP contribution is -2.15. The average Bonchev–Trinajstić information content (AvgIpc) is 2.40. The van der Waals surface area contributed by atoms with Gasteiger partial charge in [-0.25, -0.2) is 0 Å². The third-order valence-corrected chi connectivity index (χ3v) is 3.14. The zero-order valence-corrected chi connectivity index (χ0v) is 12.2. The normalized spacial score (nSPS) is 10.4. The Balaban J connectivity index is 2.47. The highest BCUT2D eigenvalue weighted by molar-refractivity contribution is 5.98. The third-order valence-electron chi connectivity index (χ3n) is 3.14. The van der Waals surface area contributed by atoms with Gasteiger partial charge in [0.25, 0.3) is 0 Å². The molecule has 0 unspecified atom stereocenters. The number of para-hydroxylation sites is 1. The van der Waals surface area contributed by atoms with Crippen LogP contribution >= 0.6 is 0 Å². The molecule has 4 N–H and O–H groups in total. The van der Waals surface area contributed by atoms with Crippen LogP contribution in [0, 0.1) is 19.3 Å². The summed E-state index contributed by atoms with van der Waals surface area (Å²) < 4.78 is 5.94. The second kappa shape index (κ2) is 6.37. The molecular formula is C16H19N3O2. The lowest BCUT2D eigenvalue weighted by atomic mass is 10.1. The van der Waals surface area contributed by atoms with E-state index < -0.39 is 0 Å². The molecule has 0 saturated carbocycles. The lowest BCUT2D eigenvalue weighted by Gasteiger charge is -2.15. The fraction of sp³-hybridized carbons (Fsp3) is 0.250. The van der Waals surface area contributed by atoms with Crippen LogP contribution in [0.15, 0.2) is 30.3 Å². The Kier molecular flexibility index (Phi) is 4.55. The molecule has 0 aliphatic heterocycles. The summed E-state index contributed by atoms with van der Waals surface area (Å²) in [5.41, 5.74) is 8.51. The molecule has 5 nitrogen and oxygen atoms in total. The van der Waals surface area contributed by atoms with Crippen molar-refractivity contribution in [3.05, 3.63) is 52.8 Å². The molecule has 0 amide bonds. The standard InChI is InChI=1S/C16H19N3O2/c1-10-9-14(15(16(17)18)11(2)19-10)21-13-6-4-3-5-12(13)7-8-20/h3-6,9,20H,7-8H2,1-2H3,(H3,17,18). The van der Waals surface area contributed by atoms with Gasteiger partial charge in [0.2, 0.25) is 0 Å². The van der Waals surface area contributed by atoms with E-state index in [1.807, 2.05) is 31.2 Å². The fourth-order valence-electron chi connectivity index (χ4n) is 2.25. The van der Waals surface area contributed by atoms with Gasteiger partial charge in [-0.3, -0.25) is 10.4 Å². The molecule has 2 rings (SSSR count). The molecule has 0 aliphatic carbocycles. The summed E-state index contributed by atoms with van der Waals surface area (Å²) in [5, 5.41) is 16.8. The number of aliphatic hydroxyl groups is 1. The second-order valence-electron chi connectivity index (χ2n) is 4.82. The molecule has 5 heteroatoms. The van der Waals surface area contributed by atoms with Crippen molar-refractivity contribution in [3.63, 3.8) is 0 Å². The van der Waals surface area contributed by atoms with E-state index in [1.165, 1.54) is 0 Å². The highest BCUT2D eigenvalue weighted by atomic mass is 16.5. The Bertz CT molecular complexity index is 669. The Morgan fingerprint density at radius 1 is 1.29 bits per heavy atom. The molecule has 1 aromatic carbocycles. The van der Waals surface area contributed by atoms with E-state index >= 15 is 0 Å². The number of amidine groups is 1. The Hall–Kier alpha value is -2.40. The monoisotopic (exact) mass is 285 g/mol. The fourth-order valence-corrected chi connectivity index (χ4v) is 2.25. The van der Waals surface area contributed by atoms with Crippen LogP contribution in [0.3, 0.4) is 0 Å². The number of rotatable bonds is 5. The van der Waals surface area contributed by atoms with E-state index in [9.17, 15) is 0 Å². The minimum atomic E-state index is -0.0744. The van der Waals surface area contributed by atoms with Crippen LogP contribution in [0.5, 0.6) is 11.5 Å². The number of hydrogen-bond donors (Lipinski definition) is 3. The van der Waals surface area contributed by atoms with Crippen molar-refractivity contribution in [1.82, 2.24) is 4.98 Å². The molecule has 0 aliphatic rings. The number of aryl methyl sites for hydroxylation is 2. The molecule has 0 fully saturated rings. The van der Waals surface area contributed by atoms with Crippen LogP contribution in [-0.4, -0.2) is 22.5 Å². The number of aromatic nitrogens is 1. The first-order valence-corrected chi connectivity index (χ1v) is 6.72. The smallest absolute Gasteiger partial charge is 0.141 e. The van der Waals surface area contributed by atoms with Gasteiger partial charge in [0.1, 0.15) is 17.3 Å². The first-order chi connectivity index (χ1) is 10.0. The molecule has 110 valence electrons. The summed E-state index contributed by atoms with van der Waals surface area (Å²) in [7, 11) is 0. The van der Waals surface area contributed by atoms with Gasteiger partial charge in [-0.15, -0.1) is 0 Å². The summed E-state index contributed by atoms with van der Waals surface area (Å²) in [6.45, 7) is 3.72. The van der Waals surface area contributed by atoms with Crippen LogP contribution in [0.1, 0.15) is 22.5 Å². The molecule has 2 aromatic rings. The van der Waals surface area contributed by atoms with Crippen LogP contribution in [-0.2, 0) is 6.42 Å². The number of nitrogen functional groups attached to an aromatic ring is 1. The summed E-state index contributed by atoms with van der Waals surface area (Å²) >= 11 is 0. The van der Waals surface area contributed by atoms with Gasteiger partial charge < -0.3 is 15.6 Å². The Morgan fingerprint density at radius 2 is 2.00 bits per heavy atom. The summed E-state index contributed by atoms with van der Waals surface area (Å²) in [4.78, 5) is 4.32. The topological polar surface area (TPSA) is 92.2 Å². The van der Waals surface area contributed by atoms with E-state index in [0.29, 0.717) is 29.2 Å². The van der Waals surface area contributed by atoms with Crippen molar-refractivity contribution in [3.8, 4) is 11.5 Å². The molecule has 1 aromatic heterocycles. The SMILES string of the molecule is Cc1cc(Oc2ccccc2CCO)c(C(=N)N)c(C)n1. The number of aliphatic hydroxyl groups excluding tert-OH is 1. The number of nitrogens with zero attached hydrogens (tertiary/aromatic N) is 1. The summed E-state index contributed by atoms with van der Waals surface area (Å²) in [6.07, 6.45) is 0.509. The van der Waals surface area contributed by atoms with Crippen LogP contribution in [0.4, 0.5) is 0 Å². The van der Waals surface area contributed by atoms with Crippen molar-refractivity contribution in [2.24, 2.45) is 5.73 Å². The number of nitrogens with two attached hydrogens (primary N) is 1. The van der Waals surface area contributed by atoms with Gasteiger partial charge >= 0.3 is 0 Å². The van der Waals surface area contributed by atoms with E-state index in [0.717, 1.165) is 11.3 Å². The number of ether oxygens (including phenoxy) is 1. The van der Waals surface area contributed by atoms with Crippen molar-refractivity contribution in [2.75, 3.05) is 6.61 Å². The van der Waals surface area contributed by atoms with E-state index in [2.05, 4.69) is 4.98 Å². The van der Waals surface area contributed by atoms with Crippen molar-refractivity contribution in [1.29, 1.82) is 5.41 Å². The molecular weight excluding hydrogens is 266 g/mol. The number of hydrogen-bond acceptors (Lipinski definition) is 4. The number of benzene rings is 1. The highest BCUT2D eigenvalue weighted by Crippen LogP contribution is 2.30. The van der Waals surface area contributed by atoms with Gasteiger partial charge in [0.05, 0.1) is 11.3 Å². The van der Waals surface area contributed by atoms with Gasteiger partial charge in [-0.2, -0.15) is 0 Å². The number of pyridine rings is 1. The molecule has 0 spiro atoms. The van der Waals surface area contributed by atoms with E-state index in [-0.39, 0.29) is 12.4 Å². The zero-order valence-electron chi connectivity index (χ0n) is 12.2. The predicted molar refractivity (Wildman–Crippen MR) is 82.0 cm³/mol. The summed E-state index contributed by atoms with van der Waals surface area (Å²) in [6, 6.07) is 9.26. The van der Waals surface area contributed by atoms with Crippen LogP contribution in [0.2, 0.25) is 0 Å². The maximum absolute atomic E-state index is 9.12. The van der Waals surface area contributed by atoms with Gasteiger partial charge in [0, 0.05) is 18.4 Å². The van der Waals surface area contributed by atoms with E-state index in [1.54, 1.807) is 13.0 Å². The van der Waals surface area contributed by atoms with Gasteiger partial charge in [0.15, 0.2) is 0 Å². The van der Waals surface area contributed by atoms with E-state index in [4.69, 9.17) is 21.0 Å². The van der Waals surface area contributed by atoms with Gasteiger partial charge in [-0.1, -0.05) is 18.2 Å². The van der Waals surface area contributed by atoms with Crippen molar-refractivity contribution < 1.29 is 9.84 Å². The van der Waals surface area contributed by atoms with Crippen LogP contribution in [0.25, 0.3) is 0 Å². The summed E-state index contributed by atoms with van der Waals surface area (Å²) in [5.74, 6) is 1.09. The average molecular weight is 285 g/mol. The van der Waals surface area contributed by atoms with Crippen molar-refractivity contribution >= 4 is 5.84 Å². The zero-order chi connectivity index (χ0) is 15.4.